The molecule has 3 N–H and O–H groups in total. The number of amides is 1. The normalized spacial score (nSPS) is 17.2. The average molecular weight is 210 g/mol. The Morgan fingerprint density at radius 2 is 2.40 bits per heavy atom. The van der Waals surface area contributed by atoms with Gasteiger partial charge in [0.25, 0.3) is 5.91 Å². The van der Waals surface area contributed by atoms with Crippen LogP contribution >= 0.6 is 0 Å². The van der Waals surface area contributed by atoms with E-state index in [1.165, 1.54) is 0 Å². The van der Waals surface area contributed by atoms with Crippen molar-refractivity contribution in [2.45, 2.75) is 44.7 Å². The van der Waals surface area contributed by atoms with Crippen molar-refractivity contribution in [3.8, 4) is 6.07 Å². The number of carbonyl (C=O) groups is 1. The number of nitrogens with one attached hydrogen (secondary N) is 1. The minimum absolute atomic E-state index is 0.151. The Kier molecular flexibility index (Phi) is 4.53. The summed E-state index contributed by atoms with van der Waals surface area (Å²) in [6, 6.07) is 2.40. The molecule has 1 aliphatic rings. The van der Waals surface area contributed by atoms with Gasteiger partial charge in [-0.05, 0) is 19.3 Å². The molecule has 1 fully saturated rings. The second-order valence-electron chi connectivity index (χ2n) is 3.81. The highest BCUT2D eigenvalue weighted by Crippen LogP contribution is 2.29. The van der Waals surface area contributed by atoms with Crippen LogP contribution in [0.5, 0.6) is 0 Å². The van der Waals surface area contributed by atoms with E-state index in [1.807, 2.05) is 6.92 Å². The molecule has 84 valence electrons. The van der Waals surface area contributed by atoms with Crippen LogP contribution in [0.2, 0.25) is 0 Å². The summed E-state index contributed by atoms with van der Waals surface area (Å²) in [6.45, 7) is 2.62. The Bertz CT molecular complexity index is 257. The Labute approximate surface area is 90.2 Å². The predicted molar refractivity (Wildman–Crippen MR) is 56.4 cm³/mol. The topological polar surface area (TPSA) is 82.2 Å². The second-order valence-corrected chi connectivity index (χ2v) is 3.81. The van der Waals surface area contributed by atoms with Gasteiger partial charge in [-0.15, -0.1) is 0 Å². The lowest BCUT2D eigenvalue weighted by Gasteiger charge is -2.28. The molecule has 0 aromatic carbocycles. The van der Waals surface area contributed by atoms with E-state index in [0.29, 0.717) is 19.0 Å². The SMILES string of the molecule is CCC(C(=O)NN)N(CCC#N)C1CC1. The van der Waals surface area contributed by atoms with E-state index in [-0.39, 0.29) is 11.9 Å². The maximum absolute atomic E-state index is 11.5. The summed E-state index contributed by atoms with van der Waals surface area (Å²) in [7, 11) is 0. The van der Waals surface area contributed by atoms with Gasteiger partial charge in [0, 0.05) is 19.0 Å². The summed E-state index contributed by atoms with van der Waals surface area (Å²) in [6.07, 6.45) is 3.44. The summed E-state index contributed by atoms with van der Waals surface area (Å²) in [4.78, 5) is 13.6. The van der Waals surface area contributed by atoms with Crippen molar-refractivity contribution in [3.63, 3.8) is 0 Å². The fourth-order valence-corrected chi connectivity index (χ4v) is 1.84. The molecule has 0 heterocycles. The largest absolute Gasteiger partial charge is 0.293 e. The minimum atomic E-state index is -0.184. The van der Waals surface area contributed by atoms with Gasteiger partial charge in [-0.25, -0.2) is 5.84 Å². The number of rotatable bonds is 6. The van der Waals surface area contributed by atoms with E-state index in [2.05, 4.69) is 16.4 Å². The fourth-order valence-electron chi connectivity index (χ4n) is 1.84. The molecule has 1 unspecified atom stereocenters. The molecule has 0 saturated heterocycles. The molecule has 1 atom stereocenters. The summed E-state index contributed by atoms with van der Waals surface area (Å²) >= 11 is 0. The molecule has 1 rings (SSSR count). The van der Waals surface area contributed by atoms with E-state index in [1.54, 1.807) is 0 Å². The maximum Gasteiger partial charge on any atom is 0.251 e. The highest BCUT2D eigenvalue weighted by Gasteiger charge is 2.35. The zero-order valence-electron chi connectivity index (χ0n) is 9.07. The Morgan fingerprint density at radius 3 is 2.80 bits per heavy atom. The minimum Gasteiger partial charge on any atom is -0.293 e. The summed E-state index contributed by atoms with van der Waals surface area (Å²) in [5.74, 6) is 4.99. The van der Waals surface area contributed by atoms with Gasteiger partial charge in [0.1, 0.15) is 0 Å². The third-order valence-electron chi connectivity index (χ3n) is 2.73. The first kappa shape index (κ1) is 12.0. The van der Waals surface area contributed by atoms with Gasteiger partial charge in [-0.3, -0.25) is 15.1 Å². The van der Waals surface area contributed by atoms with Crippen molar-refractivity contribution in [2.24, 2.45) is 5.84 Å². The van der Waals surface area contributed by atoms with E-state index in [0.717, 1.165) is 19.3 Å². The van der Waals surface area contributed by atoms with Crippen molar-refractivity contribution in [2.75, 3.05) is 6.54 Å². The number of hydrogen-bond acceptors (Lipinski definition) is 4. The molecule has 15 heavy (non-hydrogen) atoms. The van der Waals surface area contributed by atoms with Gasteiger partial charge < -0.3 is 0 Å². The lowest BCUT2D eigenvalue weighted by atomic mass is 10.1. The lowest BCUT2D eigenvalue weighted by molar-refractivity contribution is -0.126. The Hall–Kier alpha value is -1.12. The van der Waals surface area contributed by atoms with Crippen LogP contribution in [0, 0.1) is 11.3 Å². The Balaban J connectivity index is 2.58. The number of nitrogens with two attached hydrogens (primary N) is 1. The average Bonchev–Trinajstić information content (AvgIpc) is 3.07. The van der Waals surface area contributed by atoms with E-state index >= 15 is 0 Å². The van der Waals surface area contributed by atoms with Crippen LogP contribution in [0.15, 0.2) is 0 Å². The first-order valence-electron chi connectivity index (χ1n) is 5.37. The Morgan fingerprint density at radius 1 is 1.73 bits per heavy atom. The van der Waals surface area contributed by atoms with E-state index in [4.69, 9.17) is 11.1 Å². The van der Waals surface area contributed by atoms with E-state index < -0.39 is 0 Å². The van der Waals surface area contributed by atoms with Gasteiger partial charge in [0.15, 0.2) is 0 Å². The smallest absolute Gasteiger partial charge is 0.251 e. The molecule has 0 aliphatic heterocycles. The van der Waals surface area contributed by atoms with Gasteiger partial charge in [0.2, 0.25) is 0 Å². The van der Waals surface area contributed by atoms with Crippen LogP contribution < -0.4 is 11.3 Å². The zero-order valence-corrected chi connectivity index (χ0v) is 9.07. The predicted octanol–water partition coefficient (Wildman–Crippen LogP) is 0.133. The number of hydrazine groups is 1. The highest BCUT2D eigenvalue weighted by atomic mass is 16.2. The number of nitrogens with zero attached hydrogens (tertiary/aromatic N) is 2. The maximum atomic E-state index is 11.5. The van der Waals surface area contributed by atoms with Crippen molar-refractivity contribution in [3.05, 3.63) is 0 Å². The van der Waals surface area contributed by atoms with Crippen LogP contribution in [0.25, 0.3) is 0 Å². The molecule has 1 amide bonds. The number of nitriles is 1. The van der Waals surface area contributed by atoms with Crippen LogP contribution in [-0.2, 0) is 4.79 Å². The standard InChI is InChI=1S/C10H18N4O/c1-2-9(10(15)13-12)14(7-3-6-11)8-4-5-8/h8-9H,2-5,7,12H2,1H3,(H,13,15). The van der Waals surface area contributed by atoms with Crippen molar-refractivity contribution < 1.29 is 4.79 Å². The number of carbonyl (C=O) groups excluding carboxylic acids is 1. The van der Waals surface area contributed by atoms with Gasteiger partial charge in [0.05, 0.1) is 12.1 Å². The lowest BCUT2D eigenvalue weighted by Crippen LogP contribution is -2.50. The quantitative estimate of drug-likeness (QED) is 0.371. The monoisotopic (exact) mass is 210 g/mol. The second kappa shape index (κ2) is 5.69. The molecule has 0 aromatic rings. The van der Waals surface area contributed by atoms with Gasteiger partial charge >= 0.3 is 0 Å². The third kappa shape index (κ3) is 3.18. The molecule has 5 nitrogen and oxygen atoms in total. The van der Waals surface area contributed by atoms with Crippen LogP contribution in [-0.4, -0.2) is 29.4 Å². The summed E-state index contributed by atoms with van der Waals surface area (Å²) < 4.78 is 0. The molecule has 5 heteroatoms. The van der Waals surface area contributed by atoms with Crippen molar-refractivity contribution in [1.82, 2.24) is 10.3 Å². The molecular weight excluding hydrogens is 192 g/mol. The van der Waals surface area contributed by atoms with Gasteiger partial charge in [-0.2, -0.15) is 5.26 Å². The van der Waals surface area contributed by atoms with Gasteiger partial charge in [-0.1, -0.05) is 6.92 Å². The van der Waals surface area contributed by atoms with Crippen LogP contribution in [0.1, 0.15) is 32.6 Å². The first-order chi connectivity index (χ1) is 7.24. The third-order valence-corrected chi connectivity index (χ3v) is 2.73. The molecular formula is C10H18N4O. The van der Waals surface area contributed by atoms with Crippen molar-refractivity contribution >= 4 is 5.91 Å². The molecule has 0 bridgehead atoms. The van der Waals surface area contributed by atoms with E-state index in [9.17, 15) is 4.79 Å². The molecule has 1 aliphatic carbocycles. The fraction of sp³-hybridized carbons (Fsp3) is 0.800. The number of hydrogen-bond donors (Lipinski definition) is 2. The molecule has 0 spiro atoms. The summed E-state index contributed by atoms with van der Waals surface area (Å²) in [5, 5.41) is 8.57. The molecule has 0 aromatic heterocycles. The van der Waals surface area contributed by atoms with Crippen LogP contribution in [0.3, 0.4) is 0 Å². The molecule has 1 saturated carbocycles. The molecule has 0 radical (unpaired) electrons. The first-order valence-corrected chi connectivity index (χ1v) is 5.37. The zero-order chi connectivity index (χ0) is 11.3. The van der Waals surface area contributed by atoms with Crippen LogP contribution in [0.4, 0.5) is 0 Å². The van der Waals surface area contributed by atoms with Crippen molar-refractivity contribution in [1.29, 1.82) is 5.26 Å². The summed E-state index contributed by atoms with van der Waals surface area (Å²) in [5.41, 5.74) is 2.19. The highest BCUT2D eigenvalue weighted by molar-refractivity contribution is 5.81.